The van der Waals surface area contributed by atoms with Crippen LogP contribution in [0.3, 0.4) is 0 Å². The van der Waals surface area contributed by atoms with Crippen LogP contribution in [-0.4, -0.2) is 32.7 Å². The smallest absolute Gasteiger partial charge is 0.283 e. The molecule has 158 valence electrons. The molecule has 0 aliphatic rings. The number of aryl methyl sites for hydroxylation is 2. The summed E-state index contributed by atoms with van der Waals surface area (Å²) in [6.45, 7) is 6.41. The van der Waals surface area contributed by atoms with E-state index < -0.39 is 0 Å². The van der Waals surface area contributed by atoms with Crippen LogP contribution in [0.15, 0.2) is 70.6 Å². The molecule has 1 amide bonds. The molecular formula is C24H24N4O2S. The van der Waals surface area contributed by atoms with Crippen LogP contribution >= 0.6 is 11.8 Å². The van der Waals surface area contributed by atoms with Gasteiger partial charge in [0, 0.05) is 17.9 Å². The fourth-order valence-corrected chi connectivity index (χ4v) is 4.40. The molecule has 1 N–H and O–H groups in total. The average molecular weight is 433 g/mol. The van der Waals surface area contributed by atoms with Gasteiger partial charge in [-0.15, -0.1) is 0 Å². The molecule has 31 heavy (non-hydrogen) atoms. The first-order chi connectivity index (χ1) is 15.0. The topological polar surface area (TPSA) is 71.0 Å². The Kier molecular flexibility index (Phi) is 5.95. The Morgan fingerprint density at radius 2 is 1.81 bits per heavy atom. The van der Waals surface area contributed by atoms with Gasteiger partial charge in [0.1, 0.15) is 5.52 Å². The summed E-state index contributed by atoms with van der Waals surface area (Å²) >= 11 is 1.28. The van der Waals surface area contributed by atoms with E-state index in [4.69, 9.17) is 4.98 Å². The van der Waals surface area contributed by atoms with Crippen molar-refractivity contribution in [2.75, 3.05) is 17.2 Å². The van der Waals surface area contributed by atoms with E-state index in [1.807, 2.05) is 81.4 Å². The lowest BCUT2D eigenvalue weighted by atomic mass is 10.2. The molecule has 0 aliphatic carbocycles. The molecular weight excluding hydrogens is 408 g/mol. The van der Waals surface area contributed by atoms with Crippen molar-refractivity contribution in [1.82, 2.24) is 14.5 Å². The summed E-state index contributed by atoms with van der Waals surface area (Å²) in [5.74, 6) is 0.143. The van der Waals surface area contributed by atoms with Gasteiger partial charge in [-0.1, -0.05) is 47.7 Å². The van der Waals surface area contributed by atoms with Crippen LogP contribution in [0, 0.1) is 13.8 Å². The molecule has 0 saturated carbocycles. The van der Waals surface area contributed by atoms with Crippen molar-refractivity contribution < 1.29 is 4.79 Å². The summed E-state index contributed by atoms with van der Waals surface area (Å²) < 4.78 is 1.58. The molecule has 7 heteroatoms. The lowest BCUT2D eigenvalue weighted by Crippen LogP contribution is -2.32. The summed E-state index contributed by atoms with van der Waals surface area (Å²) in [7, 11) is 0. The Morgan fingerprint density at radius 3 is 2.48 bits per heavy atom. The lowest BCUT2D eigenvalue weighted by molar-refractivity contribution is -0.116. The van der Waals surface area contributed by atoms with E-state index in [-0.39, 0.29) is 17.2 Å². The molecule has 2 heterocycles. The Morgan fingerprint density at radius 1 is 1.10 bits per heavy atom. The molecule has 2 aromatic heterocycles. The number of anilines is 1. The number of rotatable bonds is 6. The number of fused-ring (bicyclic) bond motifs is 1. The summed E-state index contributed by atoms with van der Waals surface area (Å²) in [6.07, 6.45) is 0. The van der Waals surface area contributed by atoms with Crippen molar-refractivity contribution in [1.29, 1.82) is 0 Å². The van der Waals surface area contributed by atoms with Gasteiger partial charge >= 0.3 is 0 Å². The molecule has 0 aliphatic heterocycles. The van der Waals surface area contributed by atoms with Crippen molar-refractivity contribution in [2.45, 2.75) is 25.9 Å². The number of nitrogens with zero attached hydrogens (tertiary/aromatic N) is 3. The molecule has 4 rings (SSSR count). The molecule has 0 atom stereocenters. The predicted molar refractivity (Wildman–Crippen MR) is 126 cm³/mol. The van der Waals surface area contributed by atoms with Gasteiger partial charge in [-0.05, 0) is 51.1 Å². The Bertz CT molecular complexity index is 1280. The van der Waals surface area contributed by atoms with Crippen molar-refractivity contribution in [3.63, 3.8) is 0 Å². The number of hydrogen-bond donors (Lipinski definition) is 1. The second kappa shape index (κ2) is 8.81. The molecule has 0 radical (unpaired) electrons. The number of aromatic amines is 1. The van der Waals surface area contributed by atoms with Crippen LogP contribution in [-0.2, 0) is 4.79 Å². The fourth-order valence-electron chi connectivity index (χ4n) is 3.51. The van der Waals surface area contributed by atoms with Crippen LogP contribution in [0.1, 0.15) is 18.2 Å². The number of carbonyl (C=O) groups is 1. The fraction of sp³-hybridized carbons (Fsp3) is 0.208. The van der Waals surface area contributed by atoms with E-state index in [9.17, 15) is 9.59 Å². The minimum absolute atomic E-state index is 0.0336. The van der Waals surface area contributed by atoms with Gasteiger partial charge in [0.2, 0.25) is 5.91 Å². The molecule has 4 aromatic rings. The Hall–Kier alpha value is -3.32. The van der Waals surface area contributed by atoms with Crippen molar-refractivity contribution >= 4 is 34.4 Å². The molecule has 0 saturated heterocycles. The van der Waals surface area contributed by atoms with E-state index in [1.54, 1.807) is 9.47 Å². The first kappa shape index (κ1) is 20.9. The maximum absolute atomic E-state index is 13.3. The number of hydrogen-bond acceptors (Lipinski definition) is 4. The summed E-state index contributed by atoms with van der Waals surface area (Å²) in [5, 5.41) is 0.498. The summed E-state index contributed by atoms with van der Waals surface area (Å²) in [6, 6.07) is 19.2. The zero-order valence-corrected chi connectivity index (χ0v) is 18.6. The van der Waals surface area contributed by atoms with Crippen molar-refractivity contribution in [3.8, 4) is 5.69 Å². The van der Waals surface area contributed by atoms with Crippen LogP contribution in [0.25, 0.3) is 16.7 Å². The maximum atomic E-state index is 13.3. The highest BCUT2D eigenvalue weighted by Crippen LogP contribution is 2.23. The minimum Gasteiger partial charge on any atom is -0.353 e. The van der Waals surface area contributed by atoms with E-state index in [1.165, 1.54) is 11.8 Å². The van der Waals surface area contributed by atoms with Gasteiger partial charge in [-0.2, -0.15) is 0 Å². The van der Waals surface area contributed by atoms with Crippen LogP contribution in [0.5, 0.6) is 0 Å². The van der Waals surface area contributed by atoms with Gasteiger partial charge in [0.05, 0.1) is 17.0 Å². The normalized spacial score (nSPS) is 11.1. The van der Waals surface area contributed by atoms with Crippen LogP contribution < -0.4 is 10.5 Å². The third-order valence-electron chi connectivity index (χ3n) is 5.06. The SMILES string of the molecule is CCN(C(=O)CSc1nc2cc(C)[nH]c2c(=O)n1-c1ccc(C)cc1)c1ccccc1. The Balaban J connectivity index is 1.71. The first-order valence-corrected chi connectivity index (χ1v) is 11.1. The molecule has 2 aromatic carbocycles. The molecule has 0 unspecified atom stereocenters. The number of aromatic nitrogens is 3. The number of thioether (sulfide) groups is 1. The number of nitrogens with one attached hydrogen (secondary N) is 1. The molecule has 6 nitrogen and oxygen atoms in total. The zero-order chi connectivity index (χ0) is 22.0. The van der Waals surface area contributed by atoms with Gasteiger partial charge in [-0.25, -0.2) is 4.98 Å². The lowest BCUT2D eigenvalue weighted by Gasteiger charge is -2.21. The van der Waals surface area contributed by atoms with Gasteiger partial charge in [-0.3, -0.25) is 14.2 Å². The third-order valence-corrected chi connectivity index (χ3v) is 5.98. The molecule has 0 bridgehead atoms. The second-order valence-corrected chi connectivity index (χ2v) is 8.29. The number of carbonyl (C=O) groups excluding carboxylic acids is 1. The van der Waals surface area contributed by atoms with E-state index >= 15 is 0 Å². The van der Waals surface area contributed by atoms with Crippen molar-refractivity contribution in [3.05, 3.63) is 82.3 Å². The standard InChI is InChI=1S/C24H24N4O2S/c1-4-27(18-8-6-5-7-9-18)21(29)15-31-24-26-20-14-17(3)25-22(20)23(30)28(24)19-12-10-16(2)11-13-19/h5-14,25H,4,15H2,1-3H3. The van der Waals surface area contributed by atoms with E-state index in [0.29, 0.717) is 22.7 Å². The third kappa shape index (κ3) is 4.27. The summed E-state index contributed by atoms with van der Waals surface area (Å²) in [4.78, 5) is 35.8. The largest absolute Gasteiger partial charge is 0.353 e. The number of para-hydroxylation sites is 1. The molecule has 0 fully saturated rings. The number of amides is 1. The van der Waals surface area contributed by atoms with Crippen LogP contribution in [0.4, 0.5) is 5.69 Å². The van der Waals surface area contributed by atoms with Crippen LogP contribution in [0.2, 0.25) is 0 Å². The highest BCUT2D eigenvalue weighted by atomic mass is 32.2. The zero-order valence-electron chi connectivity index (χ0n) is 17.8. The number of H-pyrrole nitrogens is 1. The molecule has 0 spiro atoms. The Labute approximate surface area is 184 Å². The quantitative estimate of drug-likeness (QED) is 0.360. The maximum Gasteiger partial charge on any atom is 0.283 e. The predicted octanol–water partition coefficient (Wildman–Crippen LogP) is 4.48. The van der Waals surface area contributed by atoms with E-state index in [2.05, 4.69) is 4.98 Å². The monoisotopic (exact) mass is 432 g/mol. The number of benzene rings is 2. The highest BCUT2D eigenvalue weighted by Gasteiger charge is 2.19. The van der Waals surface area contributed by atoms with Gasteiger partial charge in [0.15, 0.2) is 5.16 Å². The first-order valence-electron chi connectivity index (χ1n) is 10.2. The van der Waals surface area contributed by atoms with Gasteiger partial charge < -0.3 is 9.88 Å². The average Bonchev–Trinajstić information content (AvgIpc) is 3.15. The van der Waals surface area contributed by atoms with Gasteiger partial charge in [0.25, 0.3) is 5.56 Å². The van der Waals surface area contributed by atoms with Crippen molar-refractivity contribution in [2.24, 2.45) is 0 Å². The highest BCUT2D eigenvalue weighted by molar-refractivity contribution is 7.99. The summed E-state index contributed by atoms with van der Waals surface area (Å²) in [5.41, 5.74) is 4.46. The second-order valence-electron chi connectivity index (χ2n) is 7.35. The minimum atomic E-state index is -0.174. The van der Waals surface area contributed by atoms with E-state index in [0.717, 1.165) is 22.6 Å².